The molecule has 132 valence electrons. The Labute approximate surface area is 149 Å². The molecule has 2 aromatic rings. The lowest BCUT2D eigenvalue weighted by Crippen LogP contribution is -2.45. The fraction of sp³-hybridized carbons (Fsp3) is 0.450. The molecule has 25 heavy (non-hydrogen) atoms. The average molecular weight is 338 g/mol. The van der Waals surface area contributed by atoms with Crippen molar-refractivity contribution in [1.82, 2.24) is 20.2 Å². The van der Waals surface area contributed by atoms with Crippen LogP contribution < -0.4 is 5.32 Å². The normalized spacial score (nSPS) is 15.6. The molecule has 1 aromatic carbocycles. The van der Waals surface area contributed by atoms with Crippen LogP contribution in [0.3, 0.4) is 0 Å². The predicted octanol–water partition coefficient (Wildman–Crippen LogP) is 2.88. The van der Waals surface area contributed by atoms with E-state index in [1.807, 2.05) is 61.5 Å². The quantitative estimate of drug-likeness (QED) is 0.911. The summed E-state index contributed by atoms with van der Waals surface area (Å²) >= 11 is 0. The van der Waals surface area contributed by atoms with Crippen molar-refractivity contribution in [3.8, 4) is 11.4 Å². The van der Waals surface area contributed by atoms with Crippen LogP contribution in [0, 0.1) is 5.92 Å². The molecule has 0 radical (unpaired) electrons. The van der Waals surface area contributed by atoms with E-state index >= 15 is 0 Å². The summed E-state index contributed by atoms with van der Waals surface area (Å²) in [5, 5.41) is 3.57. The van der Waals surface area contributed by atoms with Crippen LogP contribution in [0.2, 0.25) is 0 Å². The Morgan fingerprint density at radius 1 is 1.16 bits per heavy atom. The van der Waals surface area contributed by atoms with E-state index in [4.69, 9.17) is 0 Å². The molecular formula is C20H26N4O. The van der Waals surface area contributed by atoms with E-state index in [2.05, 4.69) is 15.3 Å². The standard InChI is InChI=1S/C20H26N4O/c1-15(2)20(25)24-10-8-18(9-11-24)21-12-16-13-22-19(23-14-16)17-6-4-3-5-7-17/h3-7,13-15,18,21H,8-12H2,1-2H3. The van der Waals surface area contributed by atoms with Gasteiger partial charge in [-0.1, -0.05) is 44.2 Å². The molecule has 5 heteroatoms. The minimum atomic E-state index is 0.0878. The predicted molar refractivity (Wildman–Crippen MR) is 98.7 cm³/mol. The second-order valence-electron chi connectivity index (χ2n) is 6.92. The summed E-state index contributed by atoms with van der Waals surface area (Å²) in [6, 6.07) is 10.4. The molecule has 1 aliphatic rings. The maximum Gasteiger partial charge on any atom is 0.225 e. The molecule has 1 fully saturated rings. The first kappa shape index (κ1) is 17.5. The van der Waals surface area contributed by atoms with E-state index in [1.165, 1.54) is 0 Å². The van der Waals surface area contributed by atoms with Gasteiger partial charge in [0.2, 0.25) is 5.91 Å². The summed E-state index contributed by atoms with van der Waals surface area (Å²) in [5.41, 5.74) is 2.12. The molecule has 0 atom stereocenters. The number of piperidine rings is 1. The van der Waals surface area contributed by atoms with Crippen molar-refractivity contribution in [2.24, 2.45) is 5.92 Å². The van der Waals surface area contributed by atoms with Crippen molar-refractivity contribution in [3.63, 3.8) is 0 Å². The molecule has 1 saturated heterocycles. The number of aromatic nitrogens is 2. The van der Waals surface area contributed by atoms with Gasteiger partial charge < -0.3 is 10.2 Å². The van der Waals surface area contributed by atoms with Gasteiger partial charge in [0.1, 0.15) is 0 Å². The molecule has 0 bridgehead atoms. The van der Waals surface area contributed by atoms with Crippen LogP contribution >= 0.6 is 0 Å². The molecule has 0 spiro atoms. The van der Waals surface area contributed by atoms with Crippen molar-refractivity contribution in [1.29, 1.82) is 0 Å². The summed E-state index contributed by atoms with van der Waals surface area (Å²) in [5.74, 6) is 1.11. The second kappa shape index (κ2) is 8.21. The first-order valence-electron chi connectivity index (χ1n) is 9.02. The fourth-order valence-corrected chi connectivity index (χ4v) is 3.11. The van der Waals surface area contributed by atoms with Crippen LogP contribution in [-0.4, -0.2) is 39.9 Å². The maximum atomic E-state index is 12.0. The van der Waals surface area contributed by atoms with Crippen LogP contribution in [0.1, 0.15) is 32.3 Å². The molecule has 0 unspecified atom stereocenters. The van der Waals surface area contributed by atoms with Gasteiger partial charge in [-0.05, 0) is 12.8 Å². The fourth-order valence-electron chi connectivity index (χ4n) is 3.11. The summed E-state index contributed by atoms with van der Waals surface area (Å²) in [6.07, 6.45) is 5.78. The van der Waals surface area contributed by atoms with Crippen molar-refractivity contribution in [3.05, 3.63) is 48.3 Å². The SMILES string of the molecule is CC(C)C(=O)N1CCC(NCc2cnc(-c3ccccc3)nc2)CC1. The van der Waals surface area contributed by atoms with Crippen LogP contribution in [0.25, 0.3) is 11.4 Å². The van der Waals surface area contributed by atoms with Crippen LogP contribution in [-0.2, 0) is 11.3 Å². The number of rotatable bonds is 5. The van der Waals surface area contributed by atoms with Gasteiger partial charge in [-0.25, -0.2) is 9.97 Å². The number of hydrogen-bond donors (Lipinski definition) is 1. The second-order valence-corrected chi connectivity index (χ2v) is 6.92. The van der Waals surface area contributed by atoms with Crippen molar-refractivity contribution in [2.45, 2.75) is 39.3 Å². The lowest BCUT2D eigenvalue weighted by atomic mass is 10.0. The van der Waals surface area contributed by atoms with Gasteiger partial charge in [0.25, 0.3) is 0 Å². The summed E-state index contributed by atoms with van der Waals surface area (Å²) in [7, 11) is 0. The van der Waals surface area contributed by atoms with Gasteiger partial charge in [0.05, 0.1) is 0 Å². The van der Waals surface area contributed by atoms with Gasteiger partial charge >= 0.3 is 0 Å². The highest BCUT2D eigenvalue weighted by Crippen LogP contribution is 2.15. The Morgan fingerprint density at radius 3 is 2.40 bits per heavy atom. The summed E-state index contributed by atoms with van der Waals surface area (Å²) in [6.45, 7) is 6.38. The molecular weight excluding hydrogens is 312 g/mol. The minimum Gasteiger partial charge on any atom is -0.342 e. The zero-order chi connectivity index (χ0) is 17.6. The Hall–Kier alpha value is -2.27. The number of carbonyl (C=O) groups is 1. The molecule has 1 amide bonds. The van der Waals surface area contributed by atoms with Crippen LogP contribution in [0.4, 0.5) is 0 Å². The number of nitrogens with zero attached hydrogens (tertiary/aromatic N) is 3. The first-order valence-corrected chi connectivity index (χ1v) is 9.02. The van der Waals surface area contributed by atoms with E-state index < -0.39 is 0 Å². The summed E-state index contributed by atoms with van der Waals surface area (Å²) in [4.78, 5) is 22.9. The number of likely N-dealkylation sites (tertiary alicyclic amines) is 1. The third kappa shape index (κ3) is 4.63. The molecule has 1 N–H and O–H groups in total. The van der Waals surface area contributed by atoms with E-state index in [1.54, 1.807) is 0 Å². The first-order chi connectivity index (χ1) is 12.1. The van der Waals surface area contributed by atoms with Gasteiger partial charge in [-0.3, -0.25) is 4.79 Å². The zero-order valence-electron chi connectivity index (χ0n) is 15.0. The van der Waals surface area contributed by atoms with E-state index in [9.17, 15) is 4.79 Å². The van der Waals surface area contributed by atoms with Gasteiger partial charge in [-0.15, -0.1) is 0 Å². The minimum absolute atomic E-state index is 0.0878. The summed E-state index contributed by atoms with van der Waals surface area (Å²) < 4.78 is 0. The Kier molecular flexibility index (Phi) is 5.76. The highest BCUT2D eigenvalue weighted by Gasteiger charge is 2.23. The molecule has 2 heterocycles. The number of hydrogen-bond acceptors (Lipinski definition) is 4. The van der Waals surface area contributed by atoms with Crippen molar-refractivity contribution >= 4 is 5.91 Å². The van der Waals surface area contributed by atoms with Crippen LogP contribution in [0.15, 0.2) is 42.7 Å². The Morgan fingerprint density at radius 2 is 1.80 bits per heavy atom. The molecule has 5 nitrogen and oxygen atoms in total. The number of amides is 1. The van der Waals surface area contributed by atoms with E-state index in [0.29, 0.717) is 6.04 Å². The third-order valence-corrected chi connectivity index (χ3v) is 4.63. The molecule has 3 rings (SSSR count). The van der Waals surface area contributed by atoms with E-state index in [-0.39, 0.29) is 11.8 Å². The number of nitrogens with one attached hydrogen (secondary N) is 1. The van der Waals surface area contributed by atoms with Crippen molar-refractivity contribution in [2.75, 3.05) is 13.1 Å². The van der Waals surface area contributed by atoms with Gasteiger partial charge in [-0.2, -0.15) is 0 Å². The Bertz CT molecular complexity index is 677. The maximum absolute atomic E-state index is 12.0. The third-order valence-electron chi connectivity index (χ3n) is 4.63. The van der Waals surface area contributed by atoms with Crippen molar-refractivity contribution < 1.29 is 4.79 Å². The lowest BCUT2D eigenvalue weighted by Gasteiger charge is -2.33. The molecule has 0 aliphatic carbocycles. The lowest BCUT2D eigenvalue weighted by molar-refractivity contribution is -0.135. The smallest absolute Gasteiger partial charge is 0.225 e. The highest BCUT2D eigenvalue weighted by atomic mass is 16.2. The average Bonchev–Trinajstić information content (AvgIpc) is 2.67. The molecule has 0 saturated carbocycles. The highest BCUT2D eigenvalue weighted by molar-refractivity contribution is 5.78. The van der Waals surface area contributed by atoms with Crippen LogP contribution in [0.5, 0.6) is 0 Å². The monoisotopic (exact) mass is 338 g/mol. The van der Waals surface area contributed by atoms with E-state index in [0.717, 1.165) is 49.4 Å². The zero-order valence-corrected chi connectivity index (χ0v) is 15.0. The number of benzene rings is 1. The molecule has 1 aliphatic heterocycles. The Balaban J connectivity index is 1.47. The molecule has 1 aromatic heterocycles. The largest absolute Gasteiger partial charge is 0.342 e. The van der Waals surface area contributed by atoms with Gasteiger partial charge in [0.15, 0.2) is 5.82 Å². The topological polar surface area (TPSA) is 58.1 Å². The number of carbonyl (C=O) groups excluding carboxylic acids is 1. The van der Waals surface area contributed by atoms with Gasteiger partial charge in [0, 0.05) is 55.1 Å².